The Kier molecular flexibility index (Phi) is 12.7. The van der Waals surface area contributed by atoms with E-state index in [4.69, 9.17) is 0 Å². The molecule has 7 heteroatoms. The van der Waals surface area contributed by atoms with Gasteiger partial charge in [0, 0.05) is 65.2 Å². The SMILES string of the molecule is c1ccc(N(c2ccc(-n3c4ccc(N(c5ccccc5)c5ccc(-c6ccc7ccccc7c6)s5)cc4c4cc(N(c5ccccc5)c5ccc(-c6ccc7ccccc7c6)s5)ccc43)cc2)c2ccc(-c3ccc4ccccc4c3)s2)cc1. The first-order chi connectivity index (χ1) is 42.1. The lowest BCUT2D eigenvalue weighted by Gasteiger charge is -2.24. The van der Waals surface area contributed by atoms with E-state index >= 15 is 0 Å². The smallest absolute Gasteiger partial charge is 0.101 e. The van der Waals surface area contributed by atoms with Gasteiger partial charge in [-0.15, -0.1) is 34.0 Å². The maximum Gasteiger partial charge on any atom is 0.101 e. The number of aromatic nitrogens is 1. The molecule has 0 saturated carbocycles. The summed E-state index contributed by atoms with van der Waals surface area (Å²) in [5, 5.41) is 13.2. The molecule has 0 spiro atoms. The highest BCUT2D eigenvalue weighted by Gasteiger charge is 2.23. The van der Waals surface area contributed by atoms with E-state index in [2.05, 4.69) is 335 Å². The van der Waals surface area contributed by atoms with Crippen molar-refractivity contribution in [3.05, 3.63) is 315 Å². The molecule has 0 saturated heterocycles. The molecule has 0 amide bonds. The van der Waals surface area contributed by atoms with Gasteiger partial charge in [-0.25, -0.2) is 0 Å². The third kappa shape index (κ3) is 9.41. The quantitative estimate of drug-likeness (QED) is 0.114. The summed E-state index contributed by atoms with van der Waals surface area (Å²) in [6.07, 6.45) is 0. The molecule has 85 heavy (non-hydrogen) atoms. The van der Waals surface area contributed by atoms with Gasteiger partial charge in [0.25, 0.3) is 0 Å². The molecule has 0 aliphatic heterocycles. The molecule has 4 aromatic heterocycles. The zero-order valence-electron chi connectivity index (χ0n) is 46.0. The van der Waals surface area contributed by atoms with Crippen molar-refractivity contribution >= 4 is 137 Å². The zero-order valence-corrected chi connectivity index (χ0v) is 48.5. The Morgan fingerprint density at radius 2 is 0.529 bits per heavy atom. The van der Waals surface area contributed by atoms with Gasteiger partial charge in [0.1, 0.15) is 15.0 Å². The Bertz CT molecular complexity index is 4880. The summed E-state index contributed by atoms with van der Waals surface area (Å²) in [5.74, 6) is 0. The highest BCUT2D eigenvalue weighted by molar-refractivity contribution is 7.20. The van der Waals surface area contributed by atoms with Crippen molar-refractivity contribution in [1.82, 2.24) is 4.57 Å². The van der Waals surface area contributed by atoms with Gasteiger partial charge in [0.05, 0.1) is 11.0 Å². The number of thiophene rings is 3. The summed E-state index contributed by atoms with van der Waals surface area (Å²) < 4.78 is 2.45. The zero-order chi connectivity index (χ0) is 56.2. The maximum absolute atomic E-state index is 2.45. The Morgan fingerprint density at radius 1 is 0.224 bits per heavy atom. The standard InChI is InChI=1S/C78H52N4S3/c1-4-22-62(23-5-1)79(76-45-42-73(83-76)59-31-28-53-16-10-13-19-56(53)48-59)65-34-36-66(37-35-65)82-71-40-38-67(80(63-24-6-2-7-25-63)77-46-43-74(84-77)60-32-29-54-17-11-14-20-57(54)49-60)51-69(71)70-52-68(39-41-72(70)82)81(64-26-8-3-9-27-64)78-47-44-75(85-78)61-33-30-55-18-12-15-21-58(55)50-61/h1-52H. The Balaban J connectivity index is 0.842. The Hall–Kier alpha value is -10.3. The number of para-hydroxylation sites is 3. The molecule has 0 aliphatic carbocycles. The van der Waals surface area contributed by atoms with Gasteiger partial charge < -0.3 is 19.3 Å². The van der Waals surface area contributed by atoms with Crippen LogP contribution in [0.15, 0.2) is 315 Å². The van der Waals surface area contributed by atoms with Crippen LogP contribution in [0.25, 0.3) is 91.1 Å². The molecule has 0 fully saturated rings. The molecule has 16 aromatic rings. The fourth-order valence-electron chi connectivity index (χ4n) is 12.1. The van der Waals surface area contributed by atoms with Crippen molar-refractivity contribution in [2.45, 2.75) is 0 Å². The van der Waals surface area contributed by atoms with Crippen LogP contribution < -0.4 is 14.7 Å². The topological polar surface area (TPSA) is 14.7 Å². The maximum atomic E-state index is 2.45. The Labute approximate surface area is 505 Å². The molecular weight excluding hydrogens is 1090 g/mol. The predicted molar refractivity (Wildman–Crippen MR) is 367 cm³/mol. The average molecular weight is 1140 g/mol. The van der Waals surface area contributed by atoms with Crippen molar-refractivity contribution in [3.8, 4) is 37.0 Å². The van der Waals surface area contributed by atoms with Crippen LogP contribution in [0.4, 0.5) is 49.1 Å². The largest absolute Gasteiger partial charge is 0.309 e. The number of nitrogens with zero attached hydrogens (tertiary/aromatic N) is 4. The Morgan fingerprint density at radius 3 is 0.894 bits per heavy atom. The van der Waals surface area contributed by atoms with Crippen LogP contribution in [0.1, 0.15) is 0 Å². The molecule has 0 bridgehead atoms. The van der Waals surface area contributed by atoms with Crippen LogP contribution in [0.3, 0.4) is 0 Å². The second-order valence-electron chi connectivity index (χ2n) is 21.4. The molecule has 402 valence electrons. The van der Waals surface area contributed by atoms with Crippen LogP contribution >= 0.6 is 34.0 Å². The summed E-state index contributed by atoms with van der Waals surface area (Å²) in [7, 11) is 0. The van der Waals surface area contributed by atoms with E-state index in [9.17, 15) is 0 Å². The minimum absolute atomic E-state index is 1.08. The van der Waals surface area contributed by atoms with Crippen molar-refractivity contribution in [1.29, 1.82) is 0 Å². The van der Waals surface area contributed by atoms with Crippen molar-refractivity contribution in [3.63, 3.8) is 0 Å². The summed E-state index contributed by atoms with van der Waals surface area (Å²) in [5.41, 5.74) is 13.5. The normalized spacial score (nSPS) is 11.5. The molecule has 0 aliphatic rings. The molecule has 0 atom stereocenters. The highest BCUT2D eigenvalue weighted by Crippen LogP contribution is 2.48. The van der Waals surface area contributed by atoms with Gasteiger partial charge in [-0.3, -0.25) is 0 Å². The minimum atomic E-state index is 1.08. The van der Waals surface area contributed by atoms with E-state index in [1.54, 1.807) is 0 Å². The van der Waals surface area contributed by atoms with Gasteiger partial charge in [0.2, 0.25) is 0 Å². The van der Waals surface area contributed by atoms with Crippen molar-refractivity contribution in [2.75, 3.05) is 14.7 Å². The monoisotopic (exact) mass is 1140 g/mol. The van der Waals surface area contributed by atoms with E-state index in [0.29, 0.717) is 0 Å². The van der Waals surface area contributed by atoms with Crippen LogP contribution in [-0.2, 0) is 0 Å². The van der Waals surface area contributed by atoms with Crippen LogP contribution in [0.5, 0.6) is 0 Å². The lowest BCUT2D eigenvalue weighted by molar-refractivity contribution is 1.17. The summed E-state index contributed by atoms with van der Waals surface area (Å²) in [4.78, 5) is 10.9. The second-order valence-corrected chi connectivity index (χ2v) is 24.6. The fraction of sp³-hybridized carbons (Fsp3) is 0. The molecule has 0 N–H and O–H groups in total. The first-order valence-corrected chi connectivity index (χ1v) is 31.1. The molecule has 16 rings (SSSR count). The number of hydrogen-bond donors (Lipinski definition) is 0. The van der Waals surface area contributed by atoms with Gasteiger partial charge in [-0.1, -0.05) is 164 Å². The summed E-state index contributed by atoms with van der Waals surface area (Å²) in [6, 6.07) is 115. The fourth-order valence-corrected chi connectivity index (χ4v) is 15.2. The number of fused-ring (bicyclic) bond motifs is 6. The number of benzene rings is 12. The lowest BCUT2D eigenvalue weighted by Crippen LogP contribution is -2.08. The van der Waals surface area contributed by atoms with Crippen molar-refractivity contribution < 1.29 is 0 Å². The van der Waals surface area contributed by atoms with Gasteiger partial charge in [-0.2, -0.15) is 0 Å². The average Bonchev–Trinajstić information content (AvgIpc) is 3.11. The first kappa shape index (κ1) is 50.4. The number of rotatable bonds is 13. The van der Waals surface area contributed by atoms with Crippen LogP contribution in [0, 0.1) is 0 Å². The minimum Gasteiger partial charge on any atom is -0.309 e. The van der Waals surface area contributed by atoms with Crippen molar-refractivity contribution in [2.24, 2.45) is 0 Å². The highest BCUT2D eigenvalue weighted by atomic mass is 32.1. The van der Waals surface area contributed by atoms with E-state index in [-0.39, 0.29) is 0 Å². The number of anilines is 9. The van der Waals surface area contributed by atoms with Gasteiger partial charge in [-0.05, 0) is 201 Å². The van der Waals surface area contributed by atoms with Gasteiger partial charge >= 0.3 is 0 Å². The van der Waals surface area contributed by atoms with Crippen LogP contribution in [0.2, 0.25) is 0 Å². The van der Waals surface area contributed by atoms with E-state index < -0.39 is 0 Å². The molecule has 0 unspecified atom stereocenters. The molecular formula is C78H52N4S3. The third-order valence-corrected chi connectivity index (χ3v) is 19.6. The first-order valence-electron chi connectivity index (χ1n) is 28.6. The predicted octanol–water partition coefficient (Wildman–Crippen LogP) is 23.8. The third-order valence-electron chi connectivity index (χ3n) is 16.2. The number of hydrogen-bond acceptors (Lipinski definition) is 6. The molecule has 12 aromatic carbocycles. The molecule has 4 heterocycles. The van der Waals surface area contributed by atoms with E-state index in [0.717, 1.165) is 76.6 Å². The molecule has 0 radical (unpaired) electrons. The van der Waals surface area contributed by atoms with Gasteiger partial charge in [0.15, 0.2) is 0 Å². The van der Waals surface area contributed by atoms with Crippen LogP contribution in [-0.4, -0.2) is 4.57 Å². The summed E-state index contributed by atoms with van der Waals surface area (Å²) in [6.45, 7) is 0. The lowest BCUT2D eigenvalue weighted by atomic mass is 10.1. The summed E-state index contributed by atoms with van der Waals surface area (Å²) >= 11 is 5.45. The molecule has 4 nitrogen and oxygen atoms in total. The second kappa shape index (κ2) is 21.5. The van der Waals surface area contributed by atoms with E-state index in [1.807, 2.05) is 34.0 Å². The van der Waals surface area contributed by atoms with E-state index in [1.165, 1.54) is 63.6 Å².